The fraction of sp³-hybridized carbons (Fsp3) is 0.136. The number of pyridine rings is 1. The van der Waals surface area contributed by atoms with E-state index in [4.69, 9.17) is 21.0 Å². The van der Waals surface area contributed by atoms with Gasteiger partial charge < -0.3 is 8.82 Å². The average Bonchev–Trinajstić information content (AvgIpc) is 3.48. The van der Waals surface area contributed by atoms with Crippen molar-refractivity contribution in [3.63, 3.8) is 0 Å². The number of benzene rings is 1. The average molecular weight is 436 g/mol. The largest absolute Gasteiger partial charge is 0.467 e. The predicted octanol–water partition coefficient (Wildman–Crippen LogP) is 5.49. The second-order valence-electron chi connectivity index (χ2n) is 6.92. The Morgan fingerprint density at radius 3 is 2.70 bits per heavy atom. The van der Waals surface area contributed by atoms with Crippen LogP contribution in [0.2, 0.25) is 5.02 Å². The molecule has 0 unspecified atom stereocenters. The Bertz CT molecular complexity index is 1290. The van der Waals surface area contributed by atoms with Gasteiger partial charge in [0.25, 0.3) is 0 Å². The maximum Gasteiger partial charge on any atom is 0.192 e. The number of fused-ring (bicyclic) bond motifs is 1. The molecule has 8 heteroatoms. The lowest BCUT2D eigenvalue weighted by molar-refractivity contribution is 0.485. The molecule has 150 valence electrons. The first kappa shape index (κ1) is 19.0. The van der Waals surface area contributed by atoms with E-state index in [-0.39, 0.29) is 0 Å². The van der Waals surface area contributed by atoms with E-state index in [0.29, 0.717) is 17.3 Å². The Balaban J connectivity index is 1.46. The smallest absolute Gasteiger partial charge is 0.192 e. The zero-order chi connectivity index (χ0) is 20.5. The summed E-state index contributed by atoms with van der Waals surface area (Å²) in [6, 6.07) is 15.5. The first-order chi connectivity index (χ1) is 14.7. The number of hydrogen-bond donors (Lipinski definition) is 0. The topological polar surface area (TPSA) is 61.2 Å². The van der Waals surface area contributed by atoms with Crippen molar-refractivity contribution in [3.05, 3.63) is 89.2 Å². The van der Waals surface area contributed by atoms with Gasteiger partial charge in [-0.25, -0.2) is 4.98 Å². The Hall–Kier alpha value is -3.03. The minimum Gasteiger partial charge on any atom is -0.467 e. The van der Waals surface area contributed by atoms with Crippen LogP contribution in [0.25, 0.3) is 17.0 Å². The van der Waals surface area contributed by atoms with Crippen molar-refractivity contribution in [2.45, 2.75) is 24.4 Å². The number of hydrogen-bond acceptors (Lipinski definition) is 5. The molecule has 0 fully saturated rings. The summed E-state index contributed by atoms with van der Waals surface area (Å²) in [5.74, 6) is 2.31. The van der Waals surface area contributed by atoms with Gasteiger partial charge in [0.1, 0.15) is 11.4 Å². The summed E-state index contributed by atoms with van der Waals surface area (Å²) in [5.41, 5.74) is 4.08. The predicted molar refractivity (Wildman–Crippen MR) is 118 cm³/mol. The Morgan fingerprint density at radius 2 is 1.93 bits per heavy atom. The number of thioether (sulfide) groups is 1. The van der Waals surface area contributed by atoms with E-state index in [2.05, 4.69) is 38.4 Å². The number of nitrogens with zero attached hydrogens (tertiary/aromatic N) is 5. The zero-order valence-corrected chi connectivity index (χ0v) is 17.8. The van der Waals surface area contributed by atoms with E-state index < -0.39 is 0 Å². The van der Waals surface area contributed by atoms with Crippen LogP contribution in [0, 0.1) is 6.92 Å². The van der Waals surface area contributed by atoms with E-state index in [9.17, 15) is 0 Å². The molecule has 0 bridgehead atoms. The standard InChI is InChI=1S/C22H18ClN5OS/c1-15-4-2-10-27-12-18(24-20(15)27)14-30-22-26-25-21(16-6-8-17(23)9-7-16)28(22)13-19-5-3-11-29-19/h2-12H,13-14H2,1H3. The normalized spacial score (nSPS) is 11.4. The highest BCUT2D eigenvalue weighted by Crippen LogP contribution is 2.28. The first-order valence-electron chi connectivity index (χ1n) is 9.45. The maximum atomic E-state index is 6.05. The lowest BCUT2D eigenvalue weighted by atomic mass is 10.2. The summed E-state index contributed by atoms with van der Waals surface area (Å²) < 4.78 is 9.68. The monoisotopic (exact) mass is 435 g/mol. The third-order valence-electron chi connectivity index (χ3n) is 4.79. The van der Waals surface area contributed by atoms with E-state index in [1.54, 1.807) is 18.0 Å². The van der Waals surface area contributed by atoms with Gasteiger partial charge in [0, 0.05) is 28.7 Å². The van der Waals surface area contributed by atoms with E-state index in [1.807, 2.05) is 48.7 Å². The molecule has 0 saturated heterocycles. The van der Waals surface area contributed by atoms with Crippen molar-refractivity contribution in [3.8, 4) is 11.4 Å². The molecule has 0 aliphatic carbocycles. The van der Waals surface area contributed by atoms with Crippen LogP contribution in [0.5, 0.6) is 0 Å². The third-order valence-corrected chi connectivity index (χ3v) is 6.04. The zero-order valence-electron chi connectivity index (χ0n) is 16.2. The fourth-order valence-electron chi connectivity index (χ4n) is 3.32. The molecule has 30 heavy (non-hydrogen) atoms. The molecule has 0 aliphatic rings. The SMILES string of the molecule is Cc1cccn2cc(CSc3nnc(-c4ccc(Cl)cc4)n3Cc3ccco3)nc12. The summed E-state index contributed by atoms with van der Waals surface area (Å²) in [6.07, 6.45) is 5.75. The molecule has 5 aromatic rings. The van der Waals surface area contributed by atoms with Gasteiger partial charge in [0.2, 0.25) is 0 Å². The second-order valence-corrected chi connectivity index (χ2v) is 8.30. The Morgan fingerprint density at radius 1 is 1.07 bits per heavy atom. The van der Waals surface area contributed by atoms with Crippen molar-refractivity contribution >= 4 is 29.0 Å². The lowest BCUT2D eigenvalue weighted by Crippen LogP contribution is -2.03. The first-order valence-corrected chi connectivity index (χ1v) is 10.8. The number of rotatable bonds is 6. The number of aromatic nitrogens is 5. The third kappa shape index (κ3) is 3.74. The Kier molecular flexibility index (Phi) is 5.06. The Labute approximate surface area is 182 Å². The molecule has 0 N–H and O–H groups in total. The lowest BCUT2D eigenvalue weighted by Gasteiger charge is -2.08. The molecule has 0 radical (unpaired) electrons. The van der Waals surface area contributed by atoms with Crippen LogP contribution in [-0.4, -0.2) is 24.1 Å². The summed E-state index contributed by atoms with van der Waals surface area (Å²) in [5, 5.41) is 10.4. The van der Waals surface area contributed by atoms with Gasteiger partial charge >= 0.3 is 0 Å². The van der Waals surface area contributed by atoms with Crippen LogP contribution in [0.15, 0.2) is 76.8 Å². The number of halogens is 1. The van der Waals surface area contributed by atoms with E-state index >= 15 is 0 Å². The summed E-state index contributed by atoms with van der Waals surface area (Å²) in [4.78, 5) is 4.76. The maximum absolute atomic E-state index is 6.05. The molecular formula is C22H18ClN5OS. The molecule has 0 amide bonds. The molecular weight excluding hydrogens is 418 g/mol. The molecule has 0 atom stereocenters. The molecule has 0 saturated carbocycles. The molecule has 4 heterocycles. The highest BCUT2D eigenvalue weighted by molar-refractivity contribution is 7.98. The van der Waals surface area contributed by atoms with Crippen molar-refractivity contribution in [2.75, 3.05) is 0 Å². The van der Waals surface area contributed by atoms with Crippen molar-refractivity contribution < 1.29 is 4.42 Å². The molecule has 4 aromatic heterocycles. The van der Waals surface area contributed by atoms with Crippen molar-refractivity contribution in [1.82, 2.24) is 24.1 Å². The van der Waals surface area contributed by atoms with Crippen LogP contribution in [0.4, 0.5) is 0 Å². The summed E-state index contributed by atoms with van der Waals surface area (Å²) in [7, 11) is 0. The van der Waals surface area contributed by atoms with Gasteiger partial charge in [-0.3, -0.25) is 4.57 Å². The molecule has 6 nitrogen and oxygen atoms in total. The molecule has 1 aromatic carbocycles. The summed E-state index contributed by atoms with van der Waals surface area (Å²) >= 11 is 7.66. The van der Waals surface area contributed by atoms with Gasteiger partial charge in [-0.05, 0) is 55.0 Å². The van der Waals surface area contributed by atoms with Crippen molar-refractivity contribution in [1.29, 1.82) is 0 Å². The van der Waals surface area contributed by atoms with Crippen molar-refractivity contribution in [2.24, 2.45) is 0 Å². The minimum absolute atomic E-state index is 0.546. The number of furan rings is 1. The highest BCUT2D eigenvalue weighted by Gasteiger charge is 2.17. The number of imidazole rings is 1. The van der Waals surface area contributed by atoms with Crippen LogP contribution < -0.4 is 0 Å². The van der Waals surface area contributed by atoms with Gasteiger partial charge in [-0.2, -0.15) is 0 Å². The van der Waals surface area contributed by atoms with Crippen LogP contribution >= 0.6 is 23.4 Å². The van der Waals surface area contributed by atoms with E-state index in [1.165, 1.54) is 0 Å². The van der Waals surface area contributed by atoms with Gasteiger partial charge in [0.05, 0.1) is 18.5 Å². The van der Waals surface area contributed by atoms with Gasteiger partial charge in [-0.15, -0.1) is 10.2 Å². The molecule has 5 rings (SSSR count). The van der Waals surface area contributed by atoms with Gasteiger partial charge in [-0.1, -0.05) is 29.4 Å². The molecule has 0 spiro atoms. The molecule has 0 aliphatic heterocycles. The van der Waals surface area contributed by atoms with Gasteiger partial charge in [0.15, 0.2) is 11.0 Å². The number of aryl methyl sites for hydroxylation is 1. The quantitative estimate of drug-likeness (QED) is 0.330. The second kappa shape index (κ2) is 8.01. The van der Waals surface area contributed by atoms with Crippen LogP contribution in [-0.2, 0) is 12.3 Å². The van der Waals surface area contributed by atoms with Crippen LogP contribution in [0.3, 0.4) is 0 Å². The van der Waals surface area contributed by atoms with E-state index in [0.717, 1.165) is 39.2 Å². The van der Waals surface area contributed by atoms with Crippen LogP contribution in [0.1, 0.15) is 17.0 Å². The fourth-order valence-corrected chi connectivity index (χ4v) is 4.27. The highest BCUT2D eigenvalue weighted by atomic mass is 35.5. The minimum atomic E-state index is 0.546. The summed E-state index contributed by atoms with van der Waals surface area (Å²) in [6.45, 7) is 2.61.